The van der Waals surface area contributed by atoms with Crippen molar-refractivity contribution in [2.24, 2.45) is 5.41 Å². The largest absolute Gasteiger partial charge is 0.313 e. The van der Waals surface area contributed by atoms with E-state index in [9.17, 15) is 0 Å². The predicted octanol–water partition coefficient (Wildman–Crippen LogP) is 3.98. The van der Waals surface area contributed by atoms with E-state index in [-0.39, 0.29) is 0 Å². The van der Waals surface area contributed by atoms with Gasteiger partial charge in [-0.05, 0) is 59.5 Å². The van der Waals surface area contributed by atoms with Crippen LogP contribution in [0.15, 0.2) is 15.9 Å². The molecule has 2 aliphatic rings. The molecule has 2 fully saturated rings. The molecule has 0 unspecified atom stereocenters. The van der Waals surface area contributed by atoms with Gasteiger partial charge in [0.1, 0.15) is 0 Å². The highest BCUT2D eigenvalue weighted by Gasteiger charge is 2.38. The molecule has 0 aromatic carbocycles. The summed E-state index contributed by atoms with van der Waals surface area (Å²) in [5.74, 6) is 0. The van der Waals surface area contributed by atoms with Crippen LogP contribution >= 0.6 is 27.3 Å². The fourth-order valence-electron chi connectivity index (χ4n) is 2.56. The van der Waals surface area contributed by atoms with Crippen LogP contribution in [-0.4, -0.2) is 12.6 Å². The van der Waals surface area contributed by atoms with Gasteiger partial charge in [0, 0.05) is 27.3 Å². The maximum absolute atomic E-state index is 3.72. The fourth-order valence-corrected chi connectivity index (χ4v) is 4.18. The monoisotopic (exact) mass is 299 g/mol. The van der Waals surface area contributed by atoms with Crippen molar-refractivity contribution in [2.45, 2.75) is 44.6 Å². The number of halogens is 1. The molecule has 16 heavy (non-hydrogen) atoms. The summed E-state index contributed by atoms with van der Waals surface area (Å²) in [7, 11) is 0. The SMILES string of the molecule is Brc1csc(CC2(CNC3CC3)CCC2)c1. The van der Waals surface area contributed by atoms with Gasteiger partial charge in [-0.2, -0.15) is 0 Å². The third kappa shape index (κ3) is 2.52. The van der Waals surface area contributed by atoms with Gasteiger partial charge < -0.3 is 5.32 Å². The smallest absolute Gasteiger partial charge is 0.0285 e. The van der Waals surface area contributed by atoms with E-state index < -0.39 is 0 Å². The summed E-state index contributed by atoms with van der Waals surface area (Å²) in [6, 6.07) is 3.15. The second-order valence-corrected chi connectivity index (χ2v) is 7.33. The maximum atomic E-state index is 3.72. The molecule has 0 spiro atoms. The molecule has 1 aromatic heterocycles. The summed E-state index contributed by atoms with van der Waals surface area (Å²) in [5, 5.41) is 5.92. The molecule has 0 saturated heterocycles. The van der Waals surface area contributed by atoms with E-state index in [1.807, 2.05) is 11.3 Å². The van der Waals surface area contributed by atoms with Gasteiger partial charge in [0.05, 0.1) is 0 Å². The van der Waals surface area contributed by atoms with Crippen molar-refractivity contribution in [2.75, 3.05) is 6.54 Å². The summed E-state index contributed by atoms with van der Waals surface area (Å²) in [5.41, 5.74) is 0.590. The molecule has 88 valence electrons. The zero-order chi connectivity index (χ0) is 11.0. The van der Waals surface area contributed by atoms with E-state index in [1.54, 1.807) is 4.88 Å². The summed E-state index contributed by atoms with van der Waals surface area (Å²) in [6.45, 7) is 1.24. The Balaban J connectivity index is 1.60. The minimum atomic E-state index is 0.590. The summed E-state index contributed by atoms with van der Waals surface area (Å²) in [6.07, 6.45) is 8.35. The van der Waals surface area contributed by atoms with Crippen molar-refractivity contribution in [3.63, 3.8) is 0 Å². The van der Waals surface area contributed by atoms with Gasteiger partial charge in [0.25, 0.3) is 0 Å². The van der Waals surface area contributed by atoms with Gasteiger partial charge in [0.2, 0.25) is 0 Å². The second-order valence-electron chi connectivity index (χ2n) is 5.42. The quantitative estimate of drug-likeness (QED) is 0.867. The van der Waals surface area contributed by atoms with Crippen LogP contribution in [0, 0.1) is 5.41 Å². The highest BCUT2D eigenvalue weighted by atomic mass is 79.9. The third-order valence-corrected chi connectivity index (χ3v) is 5.63. The number of rotatable bonds is 5. The third-order valence-electron chi connectivity index (χ3n) is 3.93. The molecular formula is C13H18BrNS. The van der Waals surface area contributed by atoms with Gasteiger partial charge in [-0.1, -0.05) is 6.42 Å². The fraction of sp³-hybridized carbons (Fsp3) is 0.692. The first-order chi connectivity index (χ1) is 7.76. The van der Waals surface area contributed by atoms with Gasteiger partial charge >= 0.3 is 0 Å². The molecule has 0 amide bonds. The summed E-state index contributed by atoms with van der Waals surface area (Å²) < 4.78 is 1.25. The Hall–Kier alpha value is 0.140. The number of hydrogen-bond acceptors (Lipinski definition) is 2. The Morgan fingerprint density at radius 1 is 1.44 bits per heavy atom. The van der Waals surface area contributed by atoms with E-state index >= 15 is 0 Å². The minimum absolute atomic E-state index is 0.590. The predicted molar refractivity (Wildman–Crippen MR) is 73.0 cm³/mol. The standard InChI is InChI=1S/C13H18BrNS/c14-10-6-12(16-8-10)7-13(4-1-5-13)9-15-11-2-3-11/h6,8,11,15H,1-5,7,9H2. The lowest BCUT2D eigenvalue weighted by Crippen LogP contribution is -2.42. The van der Waals surface area contributed by atoms with Crippen LogP contribution < -0.4 is 5.32 Å². The highest BCUT2D eigenvalue weighted by molar-refractivity contribution is 9.10. The lowest BCUT2D eigenvalue weighted by atomic mass is 9.66. The average Bonchev–Trinajstić information content (AvgIpc) is 2.95. The Morgan fingerprint density at radius 3 is 2.75 bits per heavy atom. The zero-order valence-electron chi connectivity index (χ0n) is 9.47. The number of nitrogens with one attached hydrogen (secondary N) is 1. The first-order valence-electron chi connectivity index (χ1n) is 6.22. The molecule has 2 aliphatic carbocycles. The van der Waals surface area contributed by atoms with E-state index in [1.165, 1.54) is 49.5 Å². The lowest BCUT2D eigenvalue weighted by Gasteiger charge is -2.42. The van der Waals surface area contributed by atoms with Gasteiger partial charge in [0.15, 0.2) is 0 Å². The Morgan fingerprint density at radius 2 is 2.25 bits per heavy atom. The zero-order valence-corrected chi connectivity index (χ0v) is 11.9. The Bertz CT molecular complexity index is 366. The molecule has 0 bridgehead atoms. The Labute approximate surface area is 110 Å². The van der Waals surface area contributed by atoms with Crippen LogP contribution in [0.5, 0.6) is 0 Å². The molecule has 1 heterocycles. The summed E-state index contributed by atoms with van der Waals surface area (Å²) >= 11 is 5.45. The van der Waals surface area contributed by atoms with E-state index in [0.29, 0.717) is 5.41 Å². The molecule has 0 radical (unpaired) electrons. The summed E-state index contributed by atoms with van der Waals surface area (Å²) in [4.78, 5) is 1.55. The van der Waals surface area contributed by atoms with Crippen LogP contribution in [0.1, 0.15) is 37.0 Å². The molecule has 1 aromatic rings. The lowest BCUT2D eigenvalue weighted by molar-refractivity contribution is 0.130. The first-order valence-corrected chi connectivity index (χ1v) is 7.89. The molecule has 2 saturated carbocycles. The van der Waals surface area contributed by atoms with Gasteiger partial charge in [-0.15, -0.1) is 11.3 Å². The van der Waals surface area contributed by atoms with Crippen molar-refractivity contribution >= 4 is 27.3 Å². The van der Waals surface area contributed by atoms with E-state index in [0.717, 1.165) is 6.04 Å². The van der Waals surface area contributed by atoms with Crippen molar-refractivity contribution in [3.8, 4) is 0 Å². The van der Waals surface area contributed by atoms with Crippen LogP contribution in [0.25, 0.3) is 0 Å². The van der Waals surface area contributed by atoms with Gasteiger partial charge in [-0.3, -0.25) is 0 Å². The molecule has 1 N–H and O–H groups in total. The van der Waals surface area contributed by atoms with Crippen molar-refractivity contribution in [3.05, 3.63) is 20.8 Å². The van der Waals surface area contributed by atoms with Crippen molar-refractivity contribution in [1.82, 2.24) is 5.32 Å². The number of thiophene rings is 1. The second kappa shape index (κ2) is 4.43. The van der Waals surface area contributed by atoms with E-state index in [2.05, 4.69) is 32.7 Å². The highest BCUT2D eigenvalue weighted by Crippen LogP contribution is 2.44. The minimum Gasteiger partial charge on any atom is -0.313 e. The Kier molecular flexibility index (Phi) is 3.11. The van der Waals surface area contributed by atoms with Crippen molar-refractivity contribution in [1.29, 1.82) is 0 Å². The van der Waals surface area contributed by atoms with Gasteiger partial charge in [-0.25, -0.2) is 0 Å². The number of hydrogen-bond donors (Lipinski definition) is 1. The molecule has 0 atom stereocenters. The molecular weight excluding hydrogens is 282 g/mol. The molecule has 3 rings (SSSR count). The topological polar surface area (TPSA) is 12.0 Å². The van der Waals surface area contributed by atoms with Crippen LogP contribution in [-0.2, 0) is 6.42 Å². The molecule has 0 aliphatic heterocycles. The molecule has 3 heteroatoms. The normalized spacial score (nSPS) is 23.1. The maximum Gasteiger partial charge on any atom is 0.0285 e. The van der Waals surface area contributed by atoms with Crippen LogP contribution in [0.2, 0.25) is 0 Å². The van der Waals surface area contributed by atoms with Crippen LogP contribution in [0.3, 0.4) is 0 Å². The van der Waals surface area contributed by atoms with Crippen molar-refractivity contribution < 1.29 is 0 Å². The molecule has 1 nitrogen and oxygen atoms in total. The van der Waals surface area contributed by atoms with E-state index in [4.69, 9.17) is 0 Å². The first kappa shape index (κ1) is 11.2. The van der Waals surface area contributed by atoms with Crippen LogP contribution in [0.4, 0.5) is 0 Å². The average molecular weight is 300 g/mol.